The van der Waals surface area contributed by atoms with Gasteiger partial charge in [0.25, 0.3) is 0 Å². The molecule has 0 saturated heterocycles. The molecule has 2 N–H and O–H groups in total. The van der Waals surface area contributed by atoms with Crippen LogP contribution in [-0.4, -0.2) is 35.8 Å². The summed E-state index contributed by atoms with van der Waals surface area (Å²) >= 11 is 0. The molecule has 0 saturated carbocycles. The number of hydrogen-bond acceptors (Lipinski definition) is 5. The second-order valence-corrected chi connectivity index (χ2v) is 4.30. The highest BCUT2D eigenvalue weighted by molar-refractivity contribution is 5.67. The zero-order valence-electron chi connectivity index (χ0n) is 11.6. The van der Waals surface area contributed by atoms with Crippen molar-refractivity contribution in [3.8, 4) is 5.88 Å². The van der Waals surface area contributed by atoms with E-state index in [1.807, 2.05) is 6.92 Å². The Morgan fingerprint density at radius 1 is 1.25 bits per heavy atom. The van der Waals surface area contributed by atoms with Gasteiger partial charge in [0.2, 0.25) is 5.88 Å². The minimum Gasteiger partial charge on any atom is -0.476 e. The molecule has 0 aliphatic rings. The molecule has 1 aromatic rings. The van der Waals surface area contributed by atoms with Crippen molar-refractivity contribution in [2.45, 2.75) is 32.9 Å². The maximum Gasteiger partial charge on any atom is 0.405 e. The third-order valence-electron chi connectivity index (χ3n) is 2.43. The highest BCUT2D eigenvalue weighted by Crippen LogP contribution is 2.30. The van der Waals surface area contributed by atoms with Gasteiger partial charge in [0.1, 0.15) is 18.6 Å². The van der Waals surface area contributed by atoms with E-state index in [1.165, 1.54) is 0 Å². The molecule has 0 amide bonds. The van der Waals surface area contributed by atoms with E-state index in [2.05, 4.69) is 9.97 Å². The highest BCUT2D eigenvalue weighted by atomic mass is 19.4. The fourth-order valence-corrected chi connectivity index (χ4v) is 1.68. The number of hydrogen-bond donors (Lipinski definition) is 1. The van der Waals surface area contributed by atoms with Gasteiger partial charge in [-0.15, -0.1) is 0 Å². The predicted octanol–water partition coefficient (Wildman–Crippen LogP) is 2.63. The molecule has 8 heteroatoms. The highest BCUT2D eigenvalue weighted by Gasteiger charge is 2.32. The molecule has 0 aliphatic heterocycles. The average molecular weight is 292 g/mol. The van der Waals surface area contributed by atoms with E-state index in [0.717, 1.165) is 17.6 Å². The summed E-state index contributed by atoms with van der Waals surface area (Å²) < 4.78 is 43.1. The SMILES string of the molecule is CCCOc1ncnc(N(CCC)CC(F)(F)F)c1N. The molecular weight excluding hydrogens is 273 g/mol. The summed E-state index contributed by atoms with van der Waals surface area (Å²) in [6.07, 6.45) is -1.86. The monoisotopic (exact) mass is 292 g/mol. The maximum atomic E-state index is 12.6. The summed E-state index contributed by atoms with van der Waals surface area (Å²) in [5.74, 6) is 0.186. The van der Waals surface area contributed by atoms with Crippen LogP contribution in [0.3, 0.4) is 0 Å². The lowest BCUT2D eigenvalue weighted by Crippen LogP contribution is -2.36. The molecule has 0 atom stereocenters. The Hall–Kier alpha value is -1.73. The topological polar surface area (TPSA) is 64.3 Å². The van der Waals surface area contributed by atoms with Crippen molar-refractivity contribution in [1.29, 1.82) is 0 Å². The molecule has 0 aliphatic carbocycles. The van der Waals surface area contributed by atoms with Crippen molar-refractivity contribution in [2.24, 2.45) is 0 Å². The first-order chi connectivity index (χ1) is 9.39. The molecular formula is C12H19F3N4O. The Balaban J connectivity index is 3.00. The minimum absolute atomic E-state index is 0.0404. The number of nitrogen functional groups attached to an aromatic ring is 1. The Kier molecular flexibility index (Phi) is 5.84. The average Bonchev–Trinajstić information content (AvgIpc) is 2.35. The van der Waals surface area contributed by atoms with E-state index in [0.29, 0.717) is 13.0 Å². The molecule has 0 bridgehead atoms. The normalized spacial score (nSPS) is 11.4. The number of ether oxygens (including phenoxy) is 1. The van der Waals surface area contributed by atoms with Gasteiger partial charge in [0.05, 0.1) is 6.61 Å². The summed E-state index contributed by atoms with van der Waals surface area (Å²) in [5, 5.41) is 0. The summed E-state index contributed by atoms with van der Waals surface area (Å²) in [5.41, 5.74) is 5.86. The Morgan fingerprint density at radius 2 is 1.95 bits per heavy atom. The first-order valence-electron chi connectivity index (χ1n) is 6.44. The first-order valence-corrected chi connectivity index (χ1v) is 6.44. The Bertz CT molecular complexity index is 426. The molecule has 0 aromatic carbocycles. The van der Waals surface area contributed by atoms with Crippen LogP contribution in [0, 0.1) is 0 Å². The number of anilines is 2. The third-order valence-corrected chi connectivity index (χ3v) is 2.43. The summed E-state index contributed by atoms with van der Waals surface area (Å²) in [6, 6.07) is 0. The van der Waals surface area contributed by atoms with Crippen LogP contribution in [-0.2, 0) is 0 Å². The van der Waals surface area contributed by atoms with Crippen molar-refractivity contribution in [3.05, 3.63) is 6.33 Å². The van der Waals surface area contributed by atoms with Gasteiger partial charge in [0.15, 0.2) is 5.82 Å². The van der Waals surface area contributed by atoms with Crippen LogP contribution in [0.2, 0.25) is 0 Å². The van der Waals surface area contributed by atoms with E-state index in [-0.39, 0.29) is 23.9 Å². The van der Waals surface area contributed by atoms with Gasteiger partial charge in [-0.25, -0.2) is 4.98 Å². The van der Waals surface area contributed by atoms with E-state index in [9.17, 15) is 13.2 Å². The van der Waals surface area contributed by atoms with Crippen LogP contribution in [0.5, 0.6) is 5.88 Å². The number of aromatic nitrogens is 2. The summed E-state index contributed by atoms with van der Waals surface area (Å²) in [6.45, 7) is 3.19. The molecule has 20 heavy (non-hydrogen) atoms. The van der Waals surface area contributed by atoms with Crippen LogP contribution in [0.25, 0.3) is 0 Å². The molecule has 1 aromatic heterocycles. The molecule has 5 nitrogen and oxygen atoms in total. The summed E-state index contributed by atoms with van der Waals surface area (Å²) in [4.78, 5) is 8.80. The standard InChI is InChI=1S/C12H19F3N4O/c1-3-5-19(7-12(13,14)15)10-9(16)11(18-8-17-10)20-6-4-2/h8H,3-7,16H2,1-2H3. The van der Waals surface area contributed by atoms with Crippen molar-refractivity contribution >= 4 is 11.5 Å². The Labute approximate surface area is 116 Å². The van der Waals surface area contributed by atoms with E-state index in [1.54, 1.807) is 6.92 Å². The van der Waals surface area contributed by atoms with Crippen molar-refractivity contribution < 1.29 is 17.9 Å². The minimum atomic E-state index is -4.32. The molecule has 0 fully saturated rings. The number of alkyl halides is 3. The lowest BCUT2D eigenvalue weighted by molar-refractivity contribution is -0.119. The van der Waals surface area contributed by atoms with Crippen LogP contribution in [0.15, 0.2) is 6.33 Å². The zero-order valence-corrected chi connectivity index (χ0v) is 11.6. The largest absolute Gasteiger partial charge is 0.476 e. The van der Waals surface area contributed by atoms with E-state index >= 15 is 0 Å². The Morgan fingerprint density at radius 3 is 2.50 bits per heavy atom. The second-order valence-electron chi connectivity index (χ2n) is 4.30. The van der Waals surface area contributed by atoms with Crippen LogP contribution in [0.1, 0.15) is 26.7 Å². The fourth-order valence-electron chi connectivity index (χ4n) is 1.68. The lowest BCUT2D eigenvalue weighted by atomic mass is 10.3. The lowest BCUT2D eigenvalue weighted by Gasteiger charge is -2.25. The van der Waals surface area contributed by atoms with Crippen molar-refractivity contribution in [3.63, 3.8) is 0 Å². The quantitative estimate of drug-likeness (QED) is 0.837. The van der Waals surface area contributed by atoms with Crippen LogP contribution >= 0.6 is 0 Å². The number of nitrogens with zero attached hydrogens (tertiary/aromatic N) is 3. The first kappa shape index (κ1) is 16.3. The number of rotatable bonds is 7. The van der Waals surface area contributed by atoms with Crippen molar-refractivity contribution in [2.75, 3.05) is 30.3 Å². The zero-order chi connectivity index (χ0) is 15.2. The number of nitrogens with two attached hydrogens (primary N) is 1. The van der Waals surface area contributed by atoms with Gasteiger partial charge in [0, 0.05) is 6.54 Å². The van der Waals surface area contributed by atoms with E-state index < -0.39 is 12.7 Å². The van der Waals surface area contributed by atoms with Gasteiger partial charge in [-0.1, -0.05) is 13.8 Å². The molecule has 0 spiro atoms. The van der Waals surface area contributed by atoms with E-state index in [4.69, 9.17) is 10.5 Å². The smallest absolute Gasteiger partial charge is 0.405 e. The summed E-state index contributed by atoms with van der Waals surface area (Å²) in [7, 11) is 0. The van der Waals surface area contributed by atoms with Gasteiger partial charge < -0.3 is 15.4 Å². The fraction of sp³-hybridized carbons (Fsp3) is 0.667. The van der Waals surface area contributed by atoms with Gasteiger partial charge in [-0.05, 0) is 12.8 Å². The van der Waals surface area contributed by atoms with Gasteiger partial charge in [-0.2, -0.15) is 18.2 Å². The van der Waals surface area contributed by atoms with Gasteiger partial charge in [-0.3, -0.25) is 0 Å². The molecule has 0 unspecified atom stereocenters. The van der Waals surface area contributed by atoms with Crippen molar-refractivity contribution in [1.82, 2.24) is 9.97 Å². The predicted molar refractivity (Wildman–Crippen MR) is 70.8 cm³/mol. The molecule has 1 heterocycles. The molecule has 1 rings (SSSR count). The third kappa shape index (κ3) is 4.75. The van der Waals surface area contributed by atoms with Crippen LogP contribution in [0.4, 0.5) is 24.7 Å². The van der Waals surface area contributed by atoms with Crippen LogP contribution < -0.4 is 15.4 Å². The molecule has 0 radical (unpaired) electrons. The molecule has 114 valence electrons. The number of halogens is 3. The second kappa shape index (κ2) is 7.16. The maximum absolute atomic E-state index is 12.6. The van der Waals surface area contributed by atoms with Gasteiger partial charge >= 0.3 is 6.18 Å².